The SMILES string of the molecule is Cc1csc(C(C)(C)NC(=O)c2cc(C(=O)O)cc([N+](=O)[O-])c2)n1. The molecule has 8 nitrogen and oxygen atoms in total. The number of carbonyl (C=O) groups is 2. The molecule has 0 fully saturated rings. The van der Waals surface area contributed by atoms with Crippen LogP contribution in [0.1, 0.15) is 45.3 Å². The van der Waals surface area contributed by atoms with Gasteiger partial charge in [-0.05, 0) is 26.8 Å². The van der Waals surface area contributed by atoms with E-state index in [4.69, 9.17) is 5.11 Å². The first kappa shape index (κ1) is 17.5. The van der Waals surface area contributed by atoms with Gasteiger partial charge in [-0.3, -0.25) is 14.9 Å². The number of amides is 1. The average molecular weight is 349 g/mol. The zero-order valence-electron chi connectivity index (χ0n) is 13.2. The highest BCUT2D eigenvalue weighted by Crippen LogP contribution is 2.25. The smallest absolute Gasteiger partial charge is 0.335 e. The Hall–Kier alpha value is -2.81. The lowest BCUT2D eigenvalue weighted by atomic mass is 10.0. The van der Waals surface area contributed by atoms with Crippen molar-refractivity contribution in [3.8, 4) is 0 Å². The summed E-state index contributed by atoms with van der Waals surface area (Å²) in [7, 11) is 0. The molecular weight excluding hydrogens is 334 g/mol. The van der Waals surface area contributed by atoms with Gasteiger partial charge in [-0.25, -0.2) is 9.78 Å². The number of hydrogen-bond acceptors (Lipinski definition) is 6. The summed E-state index contributed by atoms with van der Waals surface area (Å²) in [5.41, 5.74) is -0.853. The molecule has 2 rings (SSSR count). The number of nitrogens with one attached hydrogen (secondary N) is 1. The molecule has 0 aliphatic rings. The van der Waals surface area contributed by atoms with Crippen LogP contribution in [0.15, 0.2) is 23.6 Å². The van der Waals surface area contributed by atoms with Crippen molar-refractivity contribution < 1.29 is 19.6 Å². The maximum absolute atomic E-state index is 12.4. The predicted molar refractivity (Wildman–Crippen MR) is 87.4 cm³/mol. The van der Waals surface area contributed by atoms with E-state index in [1.54, 1.807) is 13.8 Å². The largest absolute Gasteiger partial charge is 0.478 e. The highest BCUT2D eigenvalue weighted by atomic mass is 32.1. The van der Waals surface area contributed by atoms with Gasteiger partial charge in [0, 0.05) is 28.8 Å². The molecule has 1 heterocycles. The molecule has 9 heteroatoms. The van der Waals surface area contributed by atoms with Crippen molar-refractivity contribution in [3.63, 3.8) is 0 Å². The highest BCUT2D eigenvalue weighted by Gasteiger charge is 2.27. The van der Waals surface area contributed by atoms with Crippen molar-refractivity contribution in [1.82, 2.24) is 10.3 Å². The summed E-state index contributed by atoms with van der Waals surface area (Å²) in [5, 5.41) is 25.2. The van der Waals surface area contributed by atoms with Crippen LogP contribution in [0.25, 0.3) is 0 Å². The number of carbonyl (C=O) groups excluding carboxylic acids is 1. The number of benzene rings is 1. The van der Waals surface area contributed by atoms with Crippen LogP contribution in [-0.4, -0.2) is 26.9 Å². The Balaban J connectivity index is 2.35. The van der Waals surface area contributed by atoms with Crippen LogP contribution in [0.2, 0.25) is 0 Å². The molecule has 0 saturated carbocycles. The zero-order valence-corrected chi connectivity index (χ0v) is 14.0. The second-order valence-corrected chi connectivity index (χ2v) is 6.56. The fourth-order valence-corrected chi connectivity index (χ4v) is 2.90. The molecule has 0 radical (unpaired) electrons. The van der Waals surface area contributed by atoms with Crippen molar-refractivity contribution >= 4 is 28.9 Å². The minimum Gasteiger partial charge on any atom is -0.478 e. The first-order valence-electron chi connectivity index (χ1n) is 6.88. The van der Waals surface area contributed by atoms with Gasteiger partial charge in [-0.2, -0.15) is 0 Å². The molecule has 0 saturated heterocycles. The number of non-ortho nitro benzene ring substituents is 1. The number of aromatic nitrogens is 1. The number of aryl methyl sites for hydroxylation is 1. The fourth-order valence-electron chi connectivity index (χ4n) is 2.02. The van der Waals surface area contributed by atoms with Crippen LogP contribution in [0.3, 0.4) is 0 Å². The Bertz CT molecular complexity index is 796. The maximum atomic E-state index is 12.4. The summed E-state index contributed by atoms with van der Waals surface area (Å²) < 4.78 is 0. The van der Waals surface area contributed by atoms with Crippen molar-refractivity contribution in [1.29, 1.82) is 0 Å². The van der Waals surface area contributed by atoms with Crippen molar-refractivity contribution in [2.24, 2.45) is 0 Å². The third-order valence-electron chi connectivity index (χ3n) is 3.22. The van der Waals surface area contributed by atoms with Gasteiger partial charge in [0.25, 0.3) is 11.6 Å². The quantitative estimate of drug-likeness (QED) is 0.632. The topological polar surface area (TPSA) is 122 Å². The monoisotopic (exact) mass is 349 g/mol. The van der Waals surface area contributed by atoms with Crippen LogP contribution < -0.4 is 5.32 Å². The predicted octanol–water partition coefficient (Wildman–Crippen LogP) is 2.72. The van der Waals surface area contributed by atoms with Crippen LogP contribution in [0, 0.1) is 17.0 Å². The van der Waals surface area contributed by atoms with Crippen LogP contribution >= 0.6 is 11.3 Å². The lowest BCUT2D eigenvalue weighted by Crippen LogP contribution is -2.41. The molecule has 1 aromatic carbocycles. The van der Waals surface area contributed by atoms with Crippen LogP contribution in [-0.2, 0) is 5.54 Å². The summed E-state index contributed by atoms with van der Waals surface area (Å²) in [4.78, 5) is 38.1. The van der Waals surface area contributed by atoms with Crippen molar-refractivity contribution in [2.45, 2.75) is 26.3 Å². The molecule has 0 bridgehead atoms. The maximum Gasteiger partial charge on any atom is 0.335 e. The van der Waals surface area contributed by atoms with E-state index < -0.39 is 28.0 Å². The van der Waals surface area contributed by atoms with Gasteiger partial charge in [0.15, 0.2) is 0 Å². The summed E-state index contributed by atoms with van der Waals surface area (Å²) in [6.07, 6.45) is 0. The van der Waals surface area contributed by atoms with E-state index in [2.05, 4.69) is 10.3 Å². The molecule has 126 valence electrons. The molecule has 24 heavy (non-hydrogen) atoms. The molecular formula is C15H15N3O5S. The number of nitro benzene ring substituents is 1. The van der Waals surface area contributed by atoms with Crippen LogP contribution in [0.5, 0.6) is 0 Å². The van der Waals surface area contributed by atoms with Gasteiger partial charge in [0.2, 0.25) is 0 Å². The van der Waals surface area contributed by atoms with E-state index in [1.165, 1.54) is 11.3 Å². The minimum absolute atomic E-state index is 0.0945. The number of aromatic carboxylic acids is 1. The first-order chi connectivity index (χ1) is 11.1. The van der Waals surface area contributed by atoms with Gasteiger partial charge in [-0.15, -0.1) is 11.3 Å². The molecule has 0 spiro atoms. The van der Waals surface area contributed by atoms with E-state index in [1.807, 2.05) is 12.3 Å². The summed E-state index contributed by atoms with van der Waals surface area (Å²) in [6, 6.07) is 3.06. The number of thiazole rings is 1. The molecule has 1 amide bonds. The van der Waals surface area contributed by atoms with E-state index in [-0.39, 0.29) is 11.1 Å². The molecule has 0 unspecified atom stereocenters. The number of nitro groups is 1. The van der Waals surface area contributed by atoms with E-state index in [9.17, 15) is 19.7 Å². The fraction of sp³-hybridized carbons (Fsp3) is 0.267. The molecule has 0 aliphatic carbocycles. The Morgan fingerprint density at radius 3 is 2.42 bits per heavy atom. The standard InChI is InChI=1S/C15H15N3O5S/c1-8-7-24-14(16-8)15(2,3)17-12(19)9-4-10(13(20)21)6-11(5-9)18(22)23/h4-7H,1-3H3,(H,17,19)(H,20,21). The molecule has 2 N–H and O–H groups in total. The Labute approximate surface area is 141 Å². The Morgan fingerprint density at radius 2 is 1.92 bits per heavy atom. The lowest BCUT2D eigenvalue weighted by Gasteiger charge is -2.24. The Kier molecular flexibility index (Phi) is 4.65. The molecule has 0 atom stereocenters. The van der Waals surface area contributed by atoms with E-state index >= 15 is 0 Å². The minimum atomic E-state index is -1.34. The number of carboxylic acids is 1. The van der Waals surface area contributed by atoms with Gasteiger partial charge < -0.3 is 10.4 Å². The number of hydrogen-bond donors (Lipinski definition) is 2. The summed E-state index contributed by atoms with van der Waals surface area (Å²) >= 11 is 1.38. The second-order valence-electron chi connectivity index (χ2n) is 5.70. The lowest BCUT2D eigenvalue weighted by molar-refractivity contribution is -0.384. The summed E-state index contributed by atoms with van der Waals surface area (Å²) in [5.74, 6) is -1.96. The third kappa shape index (κ3) is 3.74. The van der Waals surface area contributed by atoms with Gasteiger partial charge >= 0.3 is 5.97 Å². The first-order valence-corrected chi connectivity index (χ1v) is 7.76. The molecule has 1 aromatic heterocycles. The second kappa shape index (κ2) is 6.36. The van der Waals surface area contributed by atoms with E-state index in [0.29, 0.717) is 5.01 Å². The van der Waals surface area contributed by atoms with Crippen LogP contribution in [0.4, 0.5) is 5.69 Å². The molecule has 0 aliphatic heterocycles. The van der Waals surface area contributed by atoms with Crippen molar-refractivity contribution in [3.05, 3.63) is 55.5 Å². The number of carboxylic acid groups (broad SMARTS) is 1. The normalized spacial score (nSPS) is 11.1. The average Bonchev–Trinajstić information content (AvgIpc) is 2.93. The van der Waals surface area contributed by atoms with E-state index in [0.717, 1.165) is 23.9 Å². The van der Waals surface area contributed by atoms with Gasteiger partial charge in [-0.1, -0.05) is 0 Å². The van der Waals surface area contributed by atoms with Crippen molar-refractivity contribution in [2.75, 3.05) is 0 Å². The third-order valence-corrected chi connectivity index (χ3v) is 4.50. The molecule has 2 aromatic rings. The highest BCUT2D eigenvalue weighted by molar-refractivity contribution is 7.09. The number of nitrogens with zero attached hydrogens (tertiary/aromatic N) is 2. The number of rotatable bonds is 5. The Morgan fingerprint density at radius 1 is 1.29 bits per heavy atom. The summed E-state index contributed by atoms with van der Waals surface area (Å²) in [6.45, 7) is 5.33. The van der Waals surface area contributed by atoms with Gasteiger partial charge in [0.1, 0.15) is 5.01 Å². The van der Waals surface area contributed by atoms with Gasteiger partial charge in [0.05, 0.1) is 16.0 Å². The zero-order chi connectivity index (χ0) is 18.1.